The molecule has 28 heavy (non-hydrogen) atoms. The van der Waals surface area contributed by atoms with E-state index in [-0.39, 0.29) is 28.9 Å². The Morgan fingerprint density at radius 2 is 1.96 bits per heavy atom. The SMILES string of the molecule is COc1ccc(C(=O)NCC(=O)O[C@H](C)C(=O)NC2CCCC2)cc1[N+](=O)[O-]. The van der Waals surface area contributed by atoms with E-state index >= 15 is 0 Å². The number of nitro benzene ring substituents is 1. The average Bonchev–Trinajstić information content (AvgIpc) is 3.18. The van der Waals surface area contributed by atoms with Gasteiger partial charge in [-0.25, -0.2) is 0 Å². The third kappa shape index (κ3) is 5.66. The Labute approximate surface area is 161 Å². The molecule has 0 aliphatic heterocycles. The maximum absolute atomic E-state index is 12.1. The van der Waals surface area contributed by atoms with Gasteiger partial charge in [0.2, 0.25) is 0 Å². The summed E-state index contributed by atoms with van der Waals surface area (Å²) in [5.41, 5.74) is -0.373. The molecular weight excluding hydrogens is 370 g/mol. The van der Waals surface area contributed by atoms with E-state index < -0.39 is 29.4 Å². The van der Waals surface area contributed by atoms with E-state index in [4.69, 9.17) is 9.47 Å². The Hall–Kier alpha value is -3.17. The van der Waals surface area contributed by atoms with Crippen molar-refractivity contribution in [2.24, 2.45) is 0 Å². The van der Waals surface area contributed by atoms with E-state index in [0.717, 1.165) is 31.7 Å². The van der Waals surface area contributed by atoms with E-state index in [1.54, 1.807) is 0 Å². The molecule has 0 heterocycles. The molecule has 10 nitrogen and oxygen atoms in total. The second-order valence-corrected chi connectivity index (χ2v) is 6.45. The number of esters is 1. The second-order valence-electron chi connectivity index (χ2n) is 6.45. The summed E-state index contributed by atoms with van der Waals surface area (Å²) >= 11 is 0. The van der Waals surface area contributed by atoms with E-state index in [1.807, 2.05) is 0 Å². The number of carbonyl (C=O) groups excluding carboxylic acids is 3. The number of hydrogen-bond acceptors (Lipinski definition) is 7. The molecule has 152 valence electrons. The first-order valence-corrected chi connectivity index (χ1v) is 8.92. The van der Waals surface area contributed by atoms with Crippen molar-refractivity contribution in [1.29, 1.82) is 0 Å². The largest absolute Gasteiger partial charge is 0.490 e. The third-order valence-electron chi connectivity index (χ3n) is 4.41. The van der Waals surface area contributed by atoms with E-state index in [0.29, 0.717) is 0 Å². The lowest BCUT2D eigenvalue weighted by Gasteiger charge is -2.17. The van der Waals surface area contributed by atoms with Crippen LogP contribution in [0.3, 0.4) is 0 Å². The molecule has 0 radical (unpaired) electrons. The van der Waals surface area contributed by atoms with Crippen LogP contribution >= 0.6 is 0 Å². The highest BCUT2D eigenvalue weighted by molar-refractivity contribution is 5.97. The summed E-state index contributed by atoms with van der Waals surface area (Å²) in [5, 5.41) is 16.1. The highest BCUT2D eigenvalue weighted by Crippen LogP contribution is 2.27. The molecule has 1 aromatic carbocycles. The number of benzene rings is 1. The summed E-state index contributed by atoms with van der Waals surface area (Å²) in [7, 11) is 1.28. The molecule has 1 aliphatic carbocycles. The molecule has 1 aromatic rings. The third-order valence-corrected chi connectivity index (χ3v) is 4.41. The highest BCUT2D eigenvalue weighted by Gasteiger charge is 2.23. The summed E-state index contributed by atoms with van der Waals surface area (Å²) in [4.78, 5) is 46.3. The fourth-order valence-electron chi connectivity index (χ4n) is 2.91. The number of nitro groups is 1. The van der Waals surface area contributed by atoms with Gasteiger partial charge in [-0.2, -0.15) is 0 Å². The molecule has 1 saturated carbocycles. The van der Waals surface area contributed by atoms with Crippen molar-refractivity contribution in [3.05, 3.63) is 33.9 Å². The van der Waals surface area contributed by atoms with Crippen molar-refractivity contribution >= 4 is 23.5 Å². The number of amides is 2. The zero-order valence-electron chi connectivity index (χ0n) is 15.7. The van der Waals surface area contributed by atoms with Crippen LogP contribution in [0.2, 0.25) is 0 Å². The highest BCUT2D eigenvalue weighted by atomic mass is 16.6. The van der Waals surface area contributed by atoms with Crippen LogP contribution in [0.15, 0.2) is 18.2 Å². The van der Waals surface area contributed by atoms with Gasteiger partial charge in [-0.3, -0.25) is 24.5 Å². The molecule has 0 bridgehead atoms. The van der Waals surface area contributed by atoms with Crippen LogP contribution in [0.1, 0.15) is 43.0 Å². The van der Waals surface area contributed by atoms with Crippen molar-refractivity contribution in [3.63, 3.8) is 0 Å². The van der Waals surface area contributed by atoms with Crippen LogP contribution in [0.4, 0.5) is 5.69 Å². The summed E-state index contributed by atoms with van der Waals surface area (Å²) in [6, 6.07) is 3.79. The molecule has 2 amide bonds. The first-order valence-electron chi connectivity index (χ1n) is 8.92. The van der Waals surface area contributed by atoms with Crippen LogP contribution in [0, 0.1) is 10.1 Å². The number of nitrogens with one attached hydrogen (secondary N) is 2. The molecule has 0 spiro atoms. The monoisotopic (exact) mass is 393 g/mol. The topological polar surface area (TPSA) is 137 Å². The van der Waals surface area contributed by atoms with Crippen molar-refractivity contribution in [2.75, 3.05) is 13.7 Å². The lowest BCUT2D eigenvalue weighted by atomic mass is 10.1. The van der Waals surface area contributed by atoms with Gasteiger partial charge in [0, 0.05) is 17.7 Å². The van der Waals surface area contributed by atoms with Crippen LogP contribution in [0.25, 0.3) is 0 Å². The Morgan fingerprint density at radius 3 is 2.57 bits per heavy atom. The molecular formula is C18H23N3O7. The van der Waals surface area contributed by atoms with Crippen molar-refractivity contribution in [2.45, 2.75) is 44.8 Å². The Bertz CT molecular complexity index is 760. The zero-order chi connectivity index (χ0) is 20.7. The van der Waals surface area contributed by atoms with Crippen molar-refractivity contribution in [1.82, 2.24) is 10.6 Å². The minimum absolute atomic E-state index is 0.00711. The maximum atomic E-state index is 12.1. The van der Waals surface area contributed by atoms with Gasteiger partial charge in [-0.1, -0.05) is 12.8 Å². The van der Waals surface area contributed by atoms with Crippen LogP contribution < -0.4 is 15.4 Å². The van der Waals surface area contributed by atoms with Gasteiger partial charge in [0.25, 0.3) is 11.8 Å². The summed E-state index contributed by atoms with van der Waals surface area (Å²) in [6.45, 7) is 0.983. The van der Waals surface area contributed by atoms with Gasteiger partial charge in [0.1, 0.15) is 6.54 Å². The molecule has 0 aromatic heterocycles. The van der Waals surface area contributed by atoms with Crippen LogP contribution in [0.5, 0.6) is 5.75 Å². The van der Waals surface area contributed by atoms with E-state index in [9.17, 15) is 24.5 Å². The van der Waals surface area contributed by atoms with Gasteiger partial charge < -0.3 is 20.1 Å². The zero-order valence-corrected chi connectivity index (χ0v) is 15.7. The Balaban J connectivity index is 1.84. The first kappa shape index (κ1) is 21.1. The van der Waals surface area contributed by atoms with Crippen molar-refractivity contribution < 1.29 is 28.8 Å². The predicted octanol–water partition coefficient (Wildman–Crippen LogP) is 1.32. The van der Waals surface area contributed by atoms with Gasteiger partial charge in [0.15, 0.2) is 11.9 Å². The van der Waals surface area contributed by atoms with E-state index in [1.165, 1.54) is 26.2 Å². The summed E-state index contributed by atoms with van der Waals surface area (Å²) < 4.78 is 9.88. The van der Waals surface area contributed by atoms with Crippen molar-refractivity contribution in [3.8, 4) is 5.75 Å². The lowest BCUT2D eigenvalue weighted by molar-refractivity contribution is -0.385. The summed E-state index contributed by atoms with van der Waals surface area (Å²) in [6.07, 6.45) is 2.98. The smallest absolute Gasteiger partial charge is 0.326 e. The number of carbonyl (C=O) groups is 3. The molecule has 0 saturated heterocycles. The molecule has 1 fully saturated rings. The van der Waals surface area contributed by atoms with Crippen LogP contribution in [-0.2, 0) is 14.3 Å². The molecule has 10 heteroatoms. The quantitative estimate of drug-likeness (QED) is 0.386. The molecule has 1 atom stereocenters. The Morgan fingerprint density at radius 1 is 1.29 bits per heavy atom. The minimum Gasteiger partial charge on any atom is -0.490 e. The number of nitrogens with zero attached hydrogens (tertiary/aromatic N) is 1. The number of rotatable bonds is 8. The van der Waals surface area contributed by atoms with Crippen LogP contribution in [-0.4, -0.2) is 48.5 Å². The second kappa shape index (κ2) is 9.67. The number of ether oxygens (including phenoxy) is 2. The molecule has 0 unspecified atom stereocenters. The normalized spacial score (nSPS) is 14.8. The lowest BCUT2D eigenvalue weighted by Crippen LogP contribution is -2.42. The van der Waals surface area contributed by atoms with E-state index in [2.05, 4.69) is 10.6 Å². The van der Waals surface area contributed by atoms with Gasteiger partial charge in [-0.05, 0) is 31.9 Å². The Kier molecular flexibility index (Phi) is 7.30. The average molecular weight is 393 g/mol. The number of hydrogen-bond donors (Lipinski definition) is 2. The maximum Gasteiger partial charge on any atom is 0.326 e. The number of methoxy groups -OCH3 is 1. The minimum atomic E-state index is -0.980. The standard InChI is InChI=1S/C18H23N3O7/c1-11(17(23)20-13-5-3-4-6-13)28-16(22)10-19-18(24)12-7-8-15(27-2)14(9-12)21(25)26/h7-9,11,13H,3-6,10H2,1-2H3,(H,19,24)(H,20,23)/t11-/m1/s1. The van der Waals surface area contributed by atoms with Gasteiger partial charge >= 0.3 is 11.7 Å². The summed E-state index contributed by atoms with van der Waals surface area (Å²) in [5.74, 6) is -1.84. The predicted molar refractivity (Wildman–Crippen MR) is 97.9 cm³/mol. The van der Waals surface area contributed by atoms with Gasteiger partial charge in [0.05, 0.1) is 12.0 Å². The fraction of sp³-hybridized carbons (Fsp3) is 0.500. The fourth-order valence-corrected chi connectivity index (χ4v) is 2.91. The molecule has 2 rings (SSSR count). The van der Waals surface area contributed by atoms with Gasteiger partial charge in [-0.15, -0.1) is 0 Å². The first-order chi connectivity index (χ1) is 13.3. The molecule has 1 aliphatic rings. The molecule has 2 N–H and O–H groups in total.